The second kappa shape index (κ2) is 4.15. The molecule has 0 unspecified atom stereocenters. The molecule has 0 fully saturated rings. The molecule has 0 saturated carbocycles. The first-order valence-electron chi connectivity index (χ1n) is 3.56. The average Bonchev–Trinajstić information content (AvgIpc) is 2.19. The van der Waals surface area contributed by atoms with Crippen LogP contribution in [0.4, 0.5) is 9.59 Å². The summed E-state index contributed by atoms with van der Waals surface area (Å²) in [4.78, 5) is 21.7. The molecular formula is C7H9N3O3. The Morgan fingerprint density at radius 2 is 2.23 bits per heavy atom. The highest BCUT2D eigenvalue weighted by atomic mass is 16.6. The van der Waals surface area contributed by atoms with Crippen molar-refractivity contribution in [1.82, 2.24) is 15.8 Å². The molecule has 0 atom stereocenters. The van der Waals surface area contributed by atoms with Gasteiger partial charge in [0, 0.05) is 19.4 Å². The number of allylic oxidation sites excluding steroid dienone is 2. The van der Waals surface area contributed by atoms with E-state index in [9.17, 15) is 9.59 Å². The number of alkyl carbamates (subject to hydrolysis) is 1. The number of hydrogen-bond acceptors (Lipinski definition) is 4. The van der Waals surface area contributed by atoms with E-state index in [-0.39, 0.29) is 0 Å². The maximum Gasteiger partial charge on any atom is 0.441 e. The number of amides is 2. The van der Waals surface area contributed by atoms with E-state index >= 15 is 0 Å². The molecule has 6 heteroatoms. The molecule has 0 saturated heterocycles. The molecule has 1 rings (SSSR count). The van der Waals surface area contributed by atoms with Crippen LogP contribution in [0.25, 0.3) is 0 Å². The quantitative estimate of drug-likeness (QED) is 0.530. The van der Waals surface area contributed by atoms with Gasteiger partial charge < -0.3 is 10.1 Å². The van der Waals surface area contributed by atoms with Crippen LogP contribution in [0.1, 0.15) is 0 Å². The molecule has 6 nitrogen and oxygen atoms in total. The first-order valence-corrected chi connectivity index (χ1v) is 3.56. The number of rotatable bonds is 0. The zero-order chi connectivity index (χ0) is 9.68. The van der Waals surface area contributed by atoms with Crippen LogP contribution in [0, 0.1) is 0 Å². The second-order valence-electron chi connectivity index (χ2n) is 2.11. The largest absolute Gasteiger partial charge is 0.441 e. The van der Waals surface area contributed by atoms with Gasteiger partial charge in [-0.1, -0.05) is 0 Å². The molecule has 70 valence electrons. The highest BCUT2D eigenvalue weighted by molar-refractivity contribution is 5.83. The van der Waals surface area contributed by atoms with Crippen molar-refractivity contribution in [2.75, 3.05) is 7.05 Å². The van der Waals surface area contributed by atoms with Crippen molar-refractivity contribution in [2.45, 2.75) is 0 Å². The Bertz CT molecular complexity index is 272. The molecule has 0 radical (unpaired) electrons. The predicted molar refractivity (Wildman–Crippen MR) is 44.2 cm³/mol. The van der Waals surface area contributed by atoms with Gasteiger partial charge in [0.05, 0.1) is 0 Å². The summed E-state index contributed by atoms with van der Waals surface area (Å²) in [6.45, 7) is 0. The number of hydrogen-bond donors (Lipinski definition) is 2. The van der Waals surface area contributed by atoms with E-state index in [0.29, 0.717) is 0 Å². The molecule has 1 aliphatic heterocycles. The number of nitrogens with zero attached hydrogens (tertiary/aromatic N) is 1. The maximum atomic E-state index is 11.1. The number of ether oxygens (including phenoxy) is 1. The van der Waals surface area contributed by atoms with Gasteiger partial charge in [-0.25, -0.2) is 9.59 Å². The van der Waals surface area contributed by atoms with Crippen molar-refractivity contribution >= 4 is 12.2 Å². The monoisotopic (exact) mass is 183 g/mol. The number of carbonyl (C=O) groups is 2. The lowest BCUT2D eigenvalue weighted by Crippen LogP contribution is -2.39. The lowest BCUT2D eigenvalue weighted by molar-refractivity contribution is 0.123. The van der Waals surface area contributed by atoms with Gasteiger partial charge in [0.15, 0.2) is 0 Å². The van der Waals surface area contributed by atoms with Crippen molar-refractivity contribution in [3.8, 4) is 0 Å². The van der Waals surface area contributed by atoms with E-state index in [1.807, 2.05) is 0 Å². The zero-order valence-electron chi connectivity index (χ0n) is 6.98. The smallest absolute Gasteiger partial charge is 0.358 e. The minimum atomic E-state index is -0.797. The SMILES string of the molecule is CNC(=O)OC(=O)N1C=CC=CN1. The van der Waals surface area contributed by atoms with Gasteiger partial charge in [-0.15, -0.1) is 0 Å². The van der Waals surface area contributed by atoms with Gasteiger partial charge in [0.25, 0.3) is 0 Å². The molecule has 1 heterocycles. The zero-order valence-corrected chi connectivity index (χ0v) is 6.98. The molecule has 1 aliphatic rings. The van der Waals surface area contributed by atoms with Crippen LogP contribution in [0.5, 0.6) is 0 Å². The number of nitrogens with one attached hydrogen (secondary N) is 2. The Kier molecular flexibility index (Phi) is 2.91. The van der Waals surface area contributed by atoms with Crippen LogP contribution in [0.3, 0.4) is 0 Å². The normalized spacial score (nSPS) is 13.5. The fourth-order valence-electron chi connectivity index (χ4n) is 0.651. The summed E-state index contributed by atoms with van der Waals surface area (Å²) in [5, 5.41) is 3.19. The molecule has 0 spiro atoms. The van der Waals surface area contributed by atoms with Crippen molar-refractivity contribution in [2.24, 2.45) is 0 Å². The molecule has 2 amide bonds. The standard InChI is InChI=1S/C7H9N3O3/c1-8-6(11)13-7(12)10-5-3-2-4-9-10/h2-5,9H,1H3,(H,8,11). The highest BCUT2D eigenvalue weighted by Gasteiger charge is 2.15. The second-order valence-corrected chi connectivity index (χ2v) is 2.11. The molecule has 0 aromatic carbocycles. The molecule has 2 N–H and O–H groups in total. The number of carbonyl (C=O) groups excluding carboxylic acids is 2. The molecular weight excluding hydrogens is 174 g/mol. The Hall–Kier alpha value is -1.98. The predicted octanol–water partition coefficient (Wildman–Crippen LogP) is 0.310. The minimum Gasteiger partial charge on any atom is -0.358 e. The summed E-state index contributed by atoms with van der Waals surface area (Å²) in [5.74, 6) is 0. The third kappa shape index (κ3) is 2.51. The van der Waals surface area contributed by atoms with E-state index in [4.69, 9.17) is 0 Å². The fraction of sp³-hybridized carbons (Fsp3) is 0.143. The molecule has 0 aromatic rings. The third-order valence-electron chi connectivity index (χ3n) is 1.24. The lowest BCUT2D eigenvalue weighted by atomic mass is 10.5. The van der Waals surface area contributed by atoms with Crippen LogP contribution >= 0.6 is 0 Å². The van der Waals surface area contributed by atoms with Crippen LogP contribution < -0.4 is 10.7 Å². The van der Waals surface area contributed by atoms with Crippen molar-refractivity contribution in [1.29, 1.82) is 0 Å². The van der Waals surface area contributed by atoms with Crippen molar-refractivity contribution in [3.05, 3.63) is 24.6 Å². The Morgan fingerprint density at radius 1 is 1.46 bits per heavy atom. The molecule has 0 aliphatic carbocycles. The summed E-state index contributed by atoms with van der Waals surface area (Å²) in [7, 11) is 1.37. The van der Waals surface area contributed by atoms with Crippen molar-refractivity contribution < 1.29 is 14.3 Å². The Balaban J connectivity index is 2.44. The van der Waals surface area contributed by atoms with Crippen LogP contribution in [-0.4, -0.2) is 24.2 Å². The first-order chi connectivity index (χ1) is 6.24. The summed E-state index contributed by atoms with van der Waals surface area (Å²) in [6.07, 6.45) is 4.71. The van der Waals surface area contributed by atoms with Gasteiger partial charge in [-0.3, -0.25) is 5.43 Å². The van der Waals surface area contributed by atoms with E-state index in [1.165, 1.54) is 19.4 Å². The first kappa shape index (κ1) is 9.11. The van der Waals surface area contributed by atoms with E-state index in [2.05, 4.69) is 15.5 Å². The van der Waals surface area contributed by atoms with Gasteiger partial charge >= 0.3 is 12.2 Å². The van der Waals surface area contributed by atoms with Gasteiger partial charge in [-0.2, -0.15) is 5.01 Å². The Morgan fingerprint density at radius 3 is 2.77 bits per heavy atom. The topological polar surface area (TPSA) is 70.7 Å². The summed E-state index contributed by atoms with van der Waals surface area (Å²) in [5.41, 5.74) is 2.56. The molecule has 0 bridgehead atoms. The van der Waals surface area contributed by atoms with E-state index < -0.39 is 12.2 Å². The van der Waals surface area contributed by atoms with Crippen LogP contribution in [-0.2, 0) is 4.74 Å². The summed E-state index contributed by atoms with van der Waals surface area (Å²) in [6, 6.07) is 0. The van der Waals surface area contributed by atoms with Crippen LogP contribution in [0.15, 0.2) is 24.6 Å². The summed E-state index contributed by atoms with van der Waals surface area (Å²) >= 11 is 0. The lowest BCUT2D eigenvalue weighted by Gasteiger charge is -2.18. The fourth-order valence-corrected chi connectivity index (χ4v) is 0.651. The van der Waals surface area contributed by atoms with Gasteiger partial charge in [0.2, 0.25) is 0 Å². The highest BCUT2D eigenvalue weighted by Crippen LogP contribution is 1.96. The molecule has 0 aromatic heterocycles. The summed E-state index contributed by atoms with van der Waals surface area (Å²) < 4.78 is 4.33. The van der Waals surface area contributed by atoms with Crippen molar-refractivity contribution in [3.63, 3.8) is 0 Å². The Labute approximate surface area is 74.8 Å². The number of hydrazine groups is 1. The van der Waals surface area contributed by atoms with E-state index in [0.717, 1.165) is 5.01 Å². The third-order valence-corrected chi connectivity index (χ3v) is 1.24. The maximum absolute atomic E-state index is 11.1. The van der Waals surface area contributed by atoms with Gasteiger partial charge in [0.1, 0.15) is 0 Å². The minimum absolute atomic E-state index is 0.792. The average molecular weight is 183 g/mol. The van der Waals surface area contributed by atoms with Crippen LogP contribution in [0.2, 0.25) is 0 Å². The van der Waals surface area contributed by atoms with E-state index in [1.54, 1.807) is 12.2 Å². The van der Waals surface area contributed by atoms with Gasteiger partial charge in [-0.05, 0) is 12.2 Å². The molecule has 13 heavy (non-hydrogen) atoms.